The normalized spacial score (nSPS) is 18.2. The highest BCUT2D eigenvalue weighted by Crippen LogP contribution is 2.30. The Balaban J connectivity index is 0.000000331. The summed E-state index contributed by atoms with van der Waals surface area (Å²) in [5.74, 6) is -4.29. The van der Waals surface area contributed by atoms with Crippen molar-refractivity contribution in [3.05, 3.63) is 48.4 Å². The summed E-state index contributed by atoms with van der Waals surface area (Å²) in [6, 6.07) is 10.6. The number of anilines is 1. The van der Waals surface area contributed by atoms with Crippen LogP contribution in [0.4, 0.5) is 32.3 Å². The van der Waals surface area contributed by atoms with Gasteiger partial charge in [-0.3, -0.25) is 9.78 Å². The van der Waals surface area contributed by atoms with Crippen LogP contribution >= 0.6 is 0 Å². The molecule has 1 aromatic carbocycles. The number of rotatable bonds is 4. The van der Waals surface area contributed by atoms with Gasteiger partial charge in [0.25, 0.3) is 0 Å². The van der Waals surface area contributed by atoms with Gasteiger partial charge in [0.15, 0.2) is 0 Å². The van der Waals surface area contributed by atoms with Crippen LogP contribution in [0.2, 0.25) is 0 Å². The van der Waals surface area contributed by atoms with Crippen molar-refractivity contribution in [3.8, 4) is 11.1 Å². The lowest BCUT2D eigenvalue weighted by Gasteiger charge is -2.30. The number of halogens is 6. The zero-order valence-corrected chi connectivity index (χ0v) is 24.0. The Morgan fingerprint density at radius 1 is 0.844 bits per heavy atom. The number of carboxylic acids is 2. The van der Waals surface area contributed by atoms with E-state index in [4.69, 9.17) is 24.8 Å². The average molecular weight is 644 g/mol. The van der Waals surface area contributed by atoms with Crippen LogP contribution in [0.25, 0.3) is 22.0 Å². The Bertz CT molecular complexity index is 1450. The van der Waals surface area contributed by atoms with Gasteiger partial charge in [0.05, 0.1) is 5.52 Å². The number of likely N-dealkylation sites (tertiary alicyclic amines) is 1. The van der Waals surface area contributed by atoms with Gasteiger partial charge >= 0.3 is 24.3 Å². The van der Waals surface area contributed by atoms with Gasteiger partial charge in [-0.25, -0.2) is 19.6 Å². The van der Waals surface area contributed by atoms with Crippen LogP contribution < -0.4 is 5.32 Å². The molecule has 5 rings (SSSR count). The summed E-state index contributed by atoms with van der Waals surface area (Å²) in [6.07, 6.45) is -0.215. The third kappa shape index (κ3) is 10.3. The van der Waals surface area contributed by atoms with E-state index < -0.39 is 24.3 Å². The summed E-state index contributed by atoms with van der Waals surface area (Å²) in [6.45, 7) is 3.88. The van der Waals surface area contributed by atoms with Crippen LogP contribution in [0, 0.1) is 12.8 Å². The second-order valence-electron chi connectivity index (χ2n) is 10.5. The van der Waals surface area contributed by atoms with Gasteiger partial charge in [0.1, 0.15) is 0 Å². The maximum Gasteiger partial charge on any atom is 0.490 e. The standard InChI is InChI=1S/C25H29N5O.2C2HF3O2/c1-17-7-8-19(15-26-17)22-6-4-5-20-16-27-25(29-23(20)22)28-21-11-9-18(10-12-21)24(31)30-13-2-3-14-30;2*3-2(4,5)1(6)7/h4-8,15-16,18,21H,2-3,9-14H2,1H3,(H,27,28,29);2*(H,6,7). The number of nitrogens with one attached hydrogen (secondary N) is 1. The van der Waals surface area contributed by atoms with Gasteiger partial charge < -0.3 is 20.4 Å². The lowest BCUT2D eigenvalue weighted by Crippen LogP contribution is -2.37. The molecule has 2 fully saturated rings. The number of carboxylic acid groups (broad SMARTS) is 2. The fourth-order valence-electron chi connectivity index (χ4n) is 4.85. The molecule has 0 spiro atoms. The smallest absolute Gasteiger partial charge is 0.475 e. The van der Waals surface area contributed by atoms with Crippen molar-refractivity contribution in [2.45, 2.75) is 63.8 Å². The summed E-state index contributed by atoms with van der Waals surface area (Å²) < 4.78 is 63.5. The Morgan fingerprint density at radius 3 is 1.93 bits per heavy atom. The van der Waals surface area contributed by atoms with E-state index in [2.05, 4.69) is 32.3 Å². The number of alkyl halides is 6. The van der Waals surface area contributed by atoms with Gasteiger partial charge in [0, 0.05) is 59.7 Å². The van der Waals surface area contributed by atoms with Crippen LogP contribution in [0.5, 0.6) is 0 Å². The van der Waals surface area contributed by atoms with E-state index in [9.17, 15) is 31.1 Å². The highest BCUT2D eigenvalue weighted by Gasteiger charge is 2.39. The van der Waals surface area contributed by atoms with Gasteiger partial charge in [-0.15, -0.1) is 0 Å². The minimum atomic E-state index is -5.08. The molecule has 0 unspecified atom stereocenters. The van der Waals surface area contributed by atoms with E-state index in [1.54, 1.807) is 0 Å². The lowest BCUT2D eigenvalue weighted by molar-refractivity contribution is -0.193. The van der Waals surface area contributed by atoms with Crippen LogP contribution in [-0.2, 0) is 14.4 Å². The summed E-state index contributed by atoms with van der Waals surface area (Å²) >= 11 is 0. The first-order valence-electron chi connectivity index (χ1n) is 13.9. The van der Waals surface area contributed by atoms with Crippen LogP contribution in [0.15, 0.2) is 42.7 Å². The van der Waals surface area contributed by atoms with E-state index in [0.29, 0.717) is 17.9 Å². The first-order chi connectivity index (χ1) is 21.1. The largest absolute Gasteiger partial charge is 0.490 e. The van der Waals surface area contributed by atoms with E-state index in [1.165, 1.54) is 0 Å². The fraction of sp³-hybridized carbons (Fsp3) is 0.448. The Kier molecular flexibility index (Phi) is 11.7. The maximum atomic E-state index is 12.7. The topological polar surface area (TPSA) is 146 Å². The number of aliphatic carboxylic acids is 2. The van der Waals surface area contributed by atoms with E-state index in [0.717, 1.165) is 79.3 Å². The predicted molar refractivity (Wildman–Crippen MR) is 150 cm³/mol. The molecule has 10 nitrogen and oxygen atoms in total. The predicted octanol–water partition coefficient (Wildman–Crippen LogP) is 5.86. The lowest BCUT2D eigenvalue weighted by atomic mass is 9.85. The molecule has 1 amide bonds. The van der Waals surface area contributed by atoms with Gasteiger partial charge in [0.2, 0.25) is 11.9 Å². The van der Waals surface area contributed by atoms with Crippen LogP contribution in [-0.4, -0.2) is 79.4 Å². The highest BCUT2D eigenvalue weighted by molar-refractivity contribution is 5.93. The Labute approximate surface area is 253 Å². The summed E-state index contributed by atoms with van der Waals surface area (Å²) in [5.41, 5.74) is 4.06. The third-order valence-electron chi connectivity index (χ3n) is 7.15. The molecule has 1 saturated heterocycles. The molecule has 2 aromatic heterocycles. The van der Waals surface area contributed by atoms with Crippen molar-refractivity contribution >= 4 is 34.7 Å². The van der Waals surface area contributed by atoms with Crippen molar-refractivity contribution < 1.29 is 50.9 Å². The molecule has 1 aliphatic heterocycles. The van der Waals surface area contributed by atoms with E-state index in [1.807, 2.05) is 37.5 Å². The molecule has 16 heteroatoms. The summed E-state index contributed by atoms with van der Waals surface area (Å²) in [5, 5.41) is 18.8. The minimum absolute atomic E-state index is 0.189. The summed E-state index contributed by atoms with van der Waals surface area (Å²) in [4.78, 5) is 46.4. The van der Waals surface area contributed by atoms with Crippen molar-refractivity contribution in [2.75, 3.05) is 18.4 Å². The second-order valence-corrected chi connectivity index (χ2v) is 10.5. The van der Waals surface area contributed by atoms with Crippen molar-refractivity contribution in [1.29, 1.82) is 0 Å². The number of amides is 1. The molecule has 0 atom stereocenters. The number of carbonyl (C=O) groups excluding carboxylic acids is 1. The average Bonchev–Trinajstić information content (AvgIpc) is 3.52. The number of hydrogen-bond acceptors (Lipinski definition) is 7. The molecule has 45 heavy (non-hydrogen) atoms. The Hall–Kier alpha value is -4.50. The number of pyridine rings is 1. The second kappa shape index (κ2) is 15.0. The number of para-hydroxylation sites is 1. The maximum absolute atomic E-state index is 12.7. The zero-order chi connectivity index (χ0) is 33.4. The van der Waals surface area contributed by atoms with Gasteiger partial charge in [-0.2, -0.15) is 26.3 Å². The molecule has 3 N–H and O–H groups in total. The highest BCUT2D eigenvalue weighted by atomic mass is 19.4. The number of benzene rings is 1. The molecule has 3 heterocycles. The zero-order valence-electron chi connectivity index (χ0n) is 24.0. The number of aromatic nitrogens is 3. The SMILES string of the molecule is Cc1ccc(-c2cccc3cnc(NC4CCC(C(=O)N5CCCC5)CC4)nc23)cn1.O=C(O)C(F)(F)F.O=C(O)C(F)(F)F. The first-order valence-corrected chi connectivity index (χ1v) is 13.9. The van der Waals surface area contributed by atoms with Crippen molar-refractivity contribution in [2.24, 2.45) is 5.92 Å². The fourth-order valence-corrected chi connectivity index (χ4v) is 4.85. The molecule has 1 aliphatic carbocycles. The number of nitrogens with zero attached hydrogens (tertiary/aromatic N) is 4. The number of fused-ring (bicyclic) bond motifs is 1. The third-order valence-corrected chi connectivity index (χ3v) is 7.15. The molecular weight excluding hydrogens is 612 g/mol. The van der Waals surface area contributed by atoms with Gasteiger partial charge in [-0.1, -0.05) is 24.3 Å². The summed E-state index contributed by atoms with van der Waals surface area (Å²) in [7, 11) is 0. The molecule has 244 valence electrons. The van der Waals surface area contributed by atoms with Crippen LogP contribution in [0.1, 0.15) is 44.2 Å². The molecule has 2 aliphatic rings. The molecular formula is C29H31F6N5O5. The van der Waals surface area contributed by atoms with Gasteiger partial charge in [-0.05, 0) is 51.5 Å². The van der Waals surface area contributed by atoms with E-state index >= 15 is 0 Å². The molecule has 3 aromatic rings. The quantitative estimate of drug-likeness (QED) is 0.298. The first kappa shape index (κ1) is 35.0. The van der Waals surface area contributed by atoms with Crippen molar-refractivity contribution in [3.63, 3.8) is 0 Å². The molecule has 1 saturated carbocycles. The molecule has 0 bridgehead atoms. The van der Waals surface area contributed by atoms with E-state index in [-0.39, 0.29) is 5.92 Å². The van der Waals surface area contributed by atoms with Crippen molar-refractivity contribution in [1.82, 2.24) is 19.9 Å². The Morgan fingerprint density at radius 2 is 1.42 bits per heavy atom. The number of hydrogen-bond donors (Lipinski definition) is 3. The number of aryl methyl sites for hydroxylation is 1. The number of carbonyl (C=O) groups is 3. The van der Waals surface area contributed by atoms with Crippen LogP contribution in [0.3, 0.4) is 0 Å². The monoisotopic (exact) mass is 643 g/mol. The molecule has 0 radical (unpaired) electrons. The minimum Gasteiger partial charge on any atom is -0.475 e.